The molecule has 1 aliphatic carbocycles. The number of aliphatic carboxylic acids is 1. The minimum absolute atomic E-state index is 0.0901. The Morgan fingerprint density at radius 1 is 1.19 bits per heavy atom. The molecule has 0 aromatic heterocycles. The highest BCUT2D eigenvalue weighted by molar-refractivity contribution is 5.82. The minimum Gasteiger partial charge on any atom is -0.481 e. The lowest BCUT2D eigenvalue weighted by atomic mass is 9.84. The predicted octanol–water partition coefficient (Wildman–Crippen LogP) is 2.42. The van der Waals surface area contributed by atoms with Crippen molar-refractivity contribution in [2.45, 2.75) is 32.1 Å². The number of carbonyl (C=O) groups excluding carboxylic acids is 1. The molecule has 1 N–H and O–H groups in total. The average Bonchev–Trinajstić information content (AvgIpc) is 2.82. The van der Waals surface area contributed by atoms with Crippen molar-refractivity contribution in [3.8, 4) is 0 Å². The molecule has 0 radical (unpaired) electrons. The molecule has 0 spiro atoms. The van der Waals surface area contributed by atoms with Gasteiger partial charge in [0.25, 0.3) is 0 Å². The van der Waals surface area contributed by atoms with Gasteiger partial charge in [0.05, 0.1) is 5.92 Å². The quantitative estimate of drug-likeness (QED) is 0.929. The van der Waals surface area contributed by atoms with Crippen LogP contribution in [-0.4, -0.2) is 35.0 Å². The van der Waals surface area contributed by atoms with E-state index in [1.165, 1.54) is 0 Å². The lowest BCUT2D eigenvalue weighted by molar-refractivity contribution is -0.142. The van der Waals surface area contributed by atoms with Crippen molar-refractivity contribution in [3.05, 3.63) is 35.4 Å². The molecule has 2 aliphatic rings. The zero-order valence-corrected chi connectivity index (χ0v) is 12.3. The third-order valence-electron chi connectivity index (χ3n) is 4.99. The Hall–Kier alpha value is -1.84. The molecule has 0 bridgehead atoms. The van der Waals surface area contributed by atoms with Crippen molar-refractivity contribution in [2.75, 3.05) is 13.1 Å². The van der Waals surface area contributed by atoms with E-state index in [2.05, 4.69) is 0 Å². The molecule has 21 heavy (non-hydrogen) atoms. The summed E-state index contributed by atoms with van der Waals surface area (Å²) in [5, 5.41) is 9.51. The van der Waals surface area contributed by atoms with E-state index in [4.69, 9.17) is 0 Å². The number of benzene rings is 1. The van der Waals surface area contributed by atoms with Gasteiger partial charge in [-0.05, 0) is 30.9 Å². The second-order valence-corrected chi connectivity index (χ2v) is 6.28. The van der Waals surface area contributed by atoms with Crippen LogP contribution >= 0.6 is 0 Å². The smallest absolute Gasteiger partial charge is 0.308 e. The first-order chi connectivity index (χ1) is 10.1. The van der Waals surface area contributed by atoms with E-state index in [1.807, 2.05) is 31.2 Å². The number of nitrogens with zero attached hydrogens (tertiary/aromatic N) is 1. The van der Waals surface area contributed by atoms with Gasteiger partial charge in [-0.15, -0.1) is 0 Å². The minimum atomic E-state index is -0.799. The van der Waals surface area contributed by atoms with Crippen LogP contribution in [-0.2, 0) is 9.59 Å². The fourth-order valence-corrected chi connectivity index (χ4v) is 3.47. The Morgan fingerprint density at radius 3 is 2.48 bits per heavy atom. The monoisotopic (exact) mass is 287 g/mol. The molecular weight excluding hydrogens is 266 g/mol. The highest BCUT2D eigenvalue weighted by Crippen LogP contribution is 2.37. The molecule has 1 amide bonds. The molecule has 1 aliphatic heterocycles. The summed E-state index contributed by atoms with van der Waals surface area (Å²) in [6.45, 7) is 2.89. The van der Waals surface area contributed by atoms with Gasteiger partial charge >= 0.3 is 5.97 Å². The second kappa shape index (κ2) is 5.51. The van der Waals surface area contributed by atoms with Gasteiger partial charge in [0.1, 0.15) is 0 Å². The molecule has 1 aromatic rings. The highest BCUT2D eigenvalue weighted by atomic mass is 16.4. The molecule has 3 rings (SSSR count). The van der Waals surface area contributed by atoms with E-state index in [9.17, 15) is 14.7 Å². The summed E-state index contributed by atoms with van der Waals surface area (Å²) in [7, 11) is 0. The normalized spacial score (nSPS) is 25.7. The van der Waals surface area contributed by atoms with E-state index in [0.29, 0.717) is 13.1 Å². The van der Waals surface area contributed by atoms with Gasteiger partial charge in [-0.25, -0.2) is 0 Å². The van der Waals surface area contributed by atoms with Crippen molar-refractivity contribution in [3.63, 3.8) is 0 Å². The average molecular weight is 287 g/mol. The van der Waals surface area contributed by atoms with Gasteiger partial charge in [-0.3, -0.25) is 9.59 Å². The predicted molar refractivity (Wildman–Crippen MR) is 79.0 cm³/mol. The van der Waals surface area contributed by atoms with Crippen LogP contribution in [0.1, 0.15) is 36.3 Å². The summed E-state index contributed by atoms with van der Waals surface area (Å²) in [6, 6.07) is 7.90. The van der Waals surface area contributed by atoms with Gasteiger partial charge in [0.2, 0.25) is 5.91 Å². The Kier molecular flexibility index (Phi) is 3.70. The number of aryl methyl sites for hydroxylation is 1. The third-order valence-corrected chi connectivity index (χ3v) is 4.99. The first kappa shape index (κ1) is 14.1. The lowest BCUT2D eigenvalue weighted by Crippen LogP contribution is -2.37. The largest absolute Gasteiger partial charge is 0.481 e. The topological polar surface area (TPSA) is 57.6 Å². The second-order valence-electron chi connectivity index (χ2n) is 6.28. The van der Waals surface area contributed by atoms with Crippen LogP contribution in [0.3, 0.4) is 0 Å². The maximum atomic E-state index is 12.4. The van der Waals surface area contributed by atoms with Gasteiger partial charge in [-0.1, -0.05) is 30.7 Å². The number of hydrogen-bond acceptors (Lipinski definition) is 2. The van der Waals surface area contributed by atoms with Crippen LogP contribution in [0.15, 0.2) is 24.3 Å². The summed E-state index contributed by atoms with van der Waals surface area (Å²) in [4.78, 5) is 25.7. The maximum absolute atomic E-state index is 12.4. The summed E-state index contributed by atoms with van der Waals surface area (Å²) >= 11 is 0. The number of amides is 1. The first-order valence-corrected chi connectivity index (χ1v) is 7.65. The van der Waals surface area contributed by atoms with Crippen molar-refractivity contribution < 1.29 is 14.7 Å². The number of carboxylic acid groups (broad SMARTS) is 1. The Balaban J connectivity index is 1.83. The van der Waals surface area contributed by atoms with E-state index in [-0.39, 0.29) is 17.7 Å². The van der Waals surface area contributed by atoms with Crippen LogP contribution in [0.5, 0.6) is 0 Å². The van der Waals surface area contributed by atoms with Crippen LogP contribution in [0.25, 0.3) is 0 Å². The van der Waals surface area contributed by atoms with Crippen molar-refractivity contribution in [1.29, 1.82) is 0 Å². The number of carboxylic acids is 1. The Morgan fingerprint density at radius 2 is 1.90 bits per heavy atom. The number of likely N-dealkylation sites (tertiary alicyclic amines) is 1. The summed E-state index contributed by atoms with van der Waals surface area (Å²) < 4.78 is 0. The highest BCUT2D eigenvalue weighted by Gasteiger charge is 2.43. The SMILES string of the molecule is Cc1ccccc1[C@@H]1CN(C(=O)C2CCC2)C[C@H]1C(=O)O. The van der Waals surface area contributed by atoms with E-state index < -0.39 is 11.9 Å². The van der Waals surface area contributed by atoms with Gasteiger partial charge in [0, 0.05) is 24.9 Å². The third kappa shape index (κ3) is 2.55. The van der Waals surface area contributed by atoms with Crippen LogP contribution in [0.2, 0.25) is 0 Å². The fraction of sp³-hybridized carbons (Fsp3) is 0.529. The summed E-state index contributed by atoms with van der Waals surface area (Å²) in [6.07, 6.45) is 3.04. The molecule has 0 unspecified atom stereocenters. The Labute approximate surface area is 124 Å². The molecule has 1 saturated carbocycles. The standard InChI is InChI=1S/C17H21NO3/c1-11-5-2-3-8-13(11)14-9-18(10-15(14)17(20)21)16(19)12-6-4-7-12/h2-3,5,8,12,14-15H,4,6-7,9-10H2,1H3,(H,20,21)/t14-,15+/m0/s1. The van der Waals surface area contributed by atoms with Crippen molar-refractivity contribution >= 4 is 11.9 Å². The van der Waals surface area contributed by atoms with Crippen molar-refractivity contribution in [2.24, 2.45) is 11.8 Å². The molecule has 1 saturated heterocycles. The van der Waals surface area contributed by atoms with Crippen molar-refractivity contribution in [1.82, 2.24) is 4.90 Å². The molecular formula is C17H21NO3. The number of carbonyl (C=O) groups is 2. The van der Waals surface area contributed by atoms with Crippen LogP contribution in [0, 0.1) is 18.8 Å². The van der Waals surface area contributed by atoms with Gasteiger partial charge in [-0.2, -0.15) is 0 Å². The number of rotatable bonds is 3. The zero-order valence-electron chi connectivity index (χ0n) is 12.3. The molecule has 2 atom stereocenters. The molecule has 1 aromatic carbocycles. The molecule has 112 valence electrons. The van der Waals surface area contributed by atoms with E-state index >= 15 is 0 Å². The summed E-state index contributed by atoms with van der Waals surface area (Å²) in [5.41, 5.74) is 2.17. The first-order valence-electron chi connectivity index (χ1n) is 7.65. The number of hydrogen-bond donors (Lipinski definition) is 1. The van der Waals surface area contributed by atoms with Crippen LogP contribution in [0.4, 0.5) is 0 Å². The fourth-order valence-electron chi connectivity index (χ4n) is 3.47. The maximum Gasteiger partial charge on any atom is 0.308 e. The van der Waals surface area contributed by atoms with E-state index in [1.54, 1.807) is 4.90 Å². The lowest BCUT2D eigenvalue weighted by Gasteiger charge is -2.29. The molecule has 1 heterocycles. The van der Waals surface area contributed by atoms with E-state index in [0.717, 1.165) is 30.4 Å². The van der Waals surface area contributed by atoms with Gasteiger partial charge in [0.15, 0.2) is 0 Å². The zero-order chi connectivity index (χ0) is 15.0. The molecule has 4 nitrogen and oxygen atoms in total. The molecule has 4 heteroatoms. The Bertz CT molecular complexity index is 565. The summed E-state index contributed by atoms with van der Waals surface area (Å²) in [5.74, 6) is -1.09. The molecule has 2 fully saturated rings. The van der Waals surface area contributed by atoms with Gasteiger partial charge < -0.3 is 10.0 Å². The van der Waals surface area contributed by atoms with Crippen LogP contribution < -0.4 is 0 Å².